The minimum Gasteiger partial charge on any atom is -0.295 e. The van der Waals surface area contributed by atoms with Crippen molar-refractivity contribution in [3.8, 4) is 11.3 Å². The second kappa shape index (κ2) is 9.73. The number of pyridine rings is 3. The van der Waals surface area contributed by atoms with Gasteiger partial charge in [0, 0.05) is 48.9 Å². The highest BCUT2D eigenvalue weighted by Crippen LogP contribution is 2.41. The predicted molar refractivity (Wildman–Crippen MR) is 184 cm³/mol. The Morgan fingerprint density at radius 2 is 1.36 bits per heavy atom. The van der Waals surface area contributed by atoms with Crippen molar-refractivity contribution in [1.29, 1.82) is 0 Å². The second-order valence-electron chi connectivity index (χ2n) is 11.0. The van der Waals surface area contributed by atoms with Crippen LogP contribution in [-0.2, 0) is 0 Å². The number of thiophene rings is 1. The summed E-state index contributed by atoms with van der Waals surface area (Å²) in [4.78, 5) is 13.4. The molecular formula is C38H25N5S. The summed E-state index contributed by atoms with van der Waals surface area (Å²) in [5.74, 6) is 0.845. The lowest BCUT2D eigenvalue weighted by Crippen LogP contribution is -2.12. The molecule has 0 amide bonds. The van der Waals surface area contributed by atoms with Gasteiger partial charge in [0.2, 0.25) is 0 Å². The zero-order valence-corrected chi connectivity index (χ0v) is 24.7. The van der Waals surface area contributed by atoms with Crippen LogP contribution in [0, 0.1) is 6.92 Å². The molecule has 9 rings (SSSR count). The van der Waals surface area contributed by atoms with E-state index in [0.29, 0.717) is 0 Å². The zero-order chi connectivity index (χ0) is 29.2. The maximum Gasteiger partial charge on any atom is 0.138 e. The van der Waals surface area contributed by atoms with Gasteiger partial charge in [-0.2, -0.15) is 5.10 Å². The van der Waals surface area contributed by atoms with Crippen LogP contribution in [-0.4, -0.2) is 19.6 Å². The first-order valence-corrected chi connectivity index (χ1v) is 15.4. The summed E-state index contributed by atoms with van der Waals surface area (Å²) in [6.45, 7) is 2.04. The molecule has 0 fully saturated rings. The first-order valence-electron chi connectivity index (χ1n) is 14.6. The normalized spacial score (nSPS) is 11.8. The Balaban J connectivity index is 1.25. The number of aromatic nitrogens is 4. The molecule has 0 unspecified atom stereocenters. The van der Waals surface area contributed by atoms with Gasteiger partial charge in [0.15, 0.2) is 0 Å². The van der Waals surface area contributed by atoms with E-state index >= 15 is 0 Å². The first-order chi connectivity index (χ1) is 21.7. The Labute approximate surface area is 257 Å². The van der Waals surface area contributed by atoms with Gasteiger partial charge >= 0.3 is 0 Å². The summed E-state index contributed by atoms with van der Waals surface area (Å²) in [7, 11) is 0. The van der Waals surface area contributed by atoms with Crippen LogP contribution in [0.5, 0.6) is 0 Å². The van der Waals surface area contributed by atoms with Crippen molar-refractivity contribution in [1.82, 2.24) is 19.6 Å². The fourth-order valence-corrected chi connectivity index (χ4v) is 7.61. The van der Waals surface area contributed by atoms with Crippen molar-refractivity contribution in [2.75, 3.05) is 4.90 Å². The zero-order valence-electron chi connectivity index (χ0n) is 23.8. The molecule has 0 saturated carbocycles. The molecule has 0 N–H and O–H groups in total. The topological polar surface area (TPSA) is 46.3 Å². The molecule has 4 aromatic carbocycles. The largest absolute Gasteiger partial charge is 0.295 e. The van der Waals surface area contributed by atoms with Gasteiger partial charge in [-0.15, -0.1) is 11.3 Å². The standard InChI is InChI=1S/C38H25N5S/c1-24-17-19-31-30-13-7-14-32(37(30)44-38(31)40-24)33-15-8-16-36(41-33)42(25-9-3-2-4-10-25)26-18-20-29-27-11-5-6-12-28(27)34-21-22-39-43(34)35(29)23-26/h2-23H,1H3. The van der Waals surface area contributed by atoms with Gasteiger partial charge in [-0.25, -0.2) is 14.5 Å². The summed E-state index contributed by atoms with van der Waals surface area (Å²) in [5.41, 5.74) is 7.27. The smallest absolute Gasteiger partial charge is 0.138 e. The number of anilines is 3. The van der Waals surface area contributed by atoms with Crippen LogP contribution >= 0.6 is 11.3 Å². The summed E-state index contributed by atoms with van der Waals surface area (Å²) >= 11 is 1.73. The first kappa shape index (κ1) is 25.0. The fourth-order valence-electron chi connectivity index (χ4n) is 6.36. The fraction of sp³-hybridized carbons (Fsp3) is 0.0263. The van der Waals surface area contributed by atoms with Gasteiger partial charge in [-0.1, -0.05) is 72.8 Å². The highest BCUT2D eigenvalue weighted by atomic mass is 32.1. The van der Waals surface area contributed by atoms with Gasteiger partial charge in [0.25, 0.3) is 0 Å². The Hall–Kier alpha value is -5.59. The molecule has 208 valence electrons. The molecule has 6 heteroatoms. The predicted octanol–water partition coefficient (Wildman–Crippen LogP) is 10.2. The Morgan fingerprint density at radius 3 is 2.27 bits per heavy atom. The van der Waals surface area contributed by atoms with Gasteiger partial charge < -0.3 is 0 Å². The maximum atomic E-state index is 5.31. The number of nitrogens with zero attached hydrogens (tertiary/aromatic N) is 5. The minimum absolute atomic E-state index is 0.845. The van der Waals surface area contributed by atoms with E-state index in [1.807, 2.05) is 23.7 Å². The molecule has 0 bridgehead atoms. The molecule has 44 heavy (non-hydrogen) atoms. The summed E-state index contributed by atoms with van der Waals surface area (Å²) in [5, 5.41) is 10.7. The number of para-hydroxylation sites is 1. The van der Waals surface area contributed by atoms with Crippen molar-refractivity contribution in [2.24, 2.45) is 0 Å². The molecule has 0 aliphatic heterocycles. The number of benzene rings is 4. The minimum atomic E-state index is 0.845. The van der Waals surface area contributed by atoms with E-state index in [1.54, 1.807) is 11.3 Å². The molecule has 0 saturated heterocycles. The van der Waals surface area contributed by atoms with Crippen molar-refractivity contribution >= 4 is 76.0 Å². The van der Waals surface area contributed by atoms with Crippen LogP contribution in [0.25, 0.3) is 58.8 Å². The molecular weight excluding hydrogens is 559 g/mol. The highest BCUT2D eigenvalue weighted by Gasteiger charge is 2.18. The van der Waals surface area contributed by atoms with Gasteiger partial charge in [-0.05, 0) is 66.9 Å². The van der Waals surface area contributed by atoms with Crippen LogP contribution in [0.1, 0.15) is 5.69 Å². The van der Waals surface area contributed by atoms with Crippen LogP contribution in [0.2, 0.25) is 0 Å². The lowest BCUT2D eigenvalue weighted by molar-refractivity contribution is 1.01. The van der Waals surface area contributed by atoms with E-state index in [2.05, 4.69) is 126 Å². The van der Waals surface area contributed by atoms with Crippen LogP contribution in [0.15, 0.2) is 134 Å². The average Bonchev–Trinajstić information content (AvgIpc) is 3.71. The molecule has 0 atom stereocenters. The van der Waals surface area contributed by atoms with Gasteiger partial charge in [0.1, 0.15) is 10.6 Å². The van der Waals surface area contributed by atoms with Crippen LogP contribution < -0.4 is 4.90 Å². The van der Waals surface area contributed by atoms with Crippen LogP contribution in [0.3, 0.4) is 0 Å². The number of aryl methyl sites for hydroxylation is 1. The second-order valence-corrected chi connectivity index (χ2v) is 12.0. The highest BCUT2D eigenvalue weighted by molar-refractivity contribution is 7.26. The quantitative estimate of drug-likeness (QED) is 0.193. The van der Waals surface area contributed by atoms with E-state index in [0.717, 1.165) is 55.4 Å². The number of rotatable bonds is 4. The maximum absolute atomic E-state index is 5.31. The van der Waals surface area contributed by atoms with E-state index in [9.17, 15) is 0 Å². The van der Waals surface area contributed by atoms with Crippen molar-refractivity contribution < 1.29 is 0 Å². The van der Waals surface area contributed by atoms with Crippen molar-refractivity contribution in [3.63, 3.8) is 0 Å². The van der Waals surface area contributed by atoms with Crippen LogP contribution in [0.4, 0.5) is 17.2 Å². The average molecular weight is 584 g/mol. The molecule has 0 spiro atoms. The Kier molecular flexibility index (Phi) is 5.52. The van der Waals surface area contributed by atoms with Gasteiger partial charge in [-0.3, -0.25) is 4.90 Å². The molecule has 5 nitrogen and oxygen atoms in total. The monoisotopic (exact) mass is 583 g/mol. The van der Waals surface area contributed by atoms with E-state index in [-0.39, 0.29) is 0 Å². The van der Waals surface area contributed by atoms with E-state index < -0.39 is 0 Å². The third kappa shape index (κ3) is 3.81. The molecule has 0 radical (unpaired) electrons. The summed E-state index contributed by atoms with van der Waals surface area (Å²) in [6.07, 6.45) is 1.87. The molecule has 0 aliphatic carbocycles. The Morgan fingerprint density at radius 1 is 0.591 bits per heavy atom. The van der Waals surface area contributed by atoms with Crippen molar-refractivity contribution in [2.45, 2.75) is 6.92 Å². The van der Waals surface area contributed by atoms with E-state index in [1.165, 1.54) is 26.2 Å². The summed E-state index contributed by atoms with van der Waals surface area (Å²) in [6, 6.07) is 44.7. The molecule has 5 aromatic heterocycles. The molecule has 5 heterocycles. The van der Waals surface area contributed by atoms with Crippen molar-refractivity contribution in [3.05, 3.63) is 139 Å². The summed E-state index contributed by atoms with van der Waals surface area (Å²) < 4.78 is 3.25. The number of hydrogen-bond acceptors (Lipinski definition) is 5. The Bertz CT molecular complexity index is 2530. The van der Waals surface area contributed by atoms with Gasteiger partial charge in [0.05, 0.1) is 22.9 Å². The third-order valence-electron chi connectivity index (χ3n) is 8.36. The SMILES string of the molecule is Cc1ccc2c(n1)sc1c(-c3cccc(N(c4ccccc4)c4ccc5c6ccccc6c6ccnn6c5c4)n3)cccc12. The van der Waals surface area contributed by atoms with E-state index in [4.69, 9.17) is 15.1 Å². The lowest BCUT2D eigenvalue weighted by Gasteiger charge is -2.25. The number of fused-ring (bicyclic) bond motifs is 9. The third-order valence-corrected chi connectivity index (χ3v) is 9.51. The number of hydrogen-bond donors (Lipinski definition) is 0. The lowest BCUT2D eigenvalue weighted by atomic mass is 10.0. The molecule has 9 aromatic rings. The molecule has 0 aliphatic rings.